The monoisotopic (exact) mass is 570 g/mol. The summed E-state index contributed by atoms with van der Waals surface area (Å²) in [5, 5.41) is 13.2. The summed E-state index contributed by atoms with van der Waals surface area (Å²) < 4.78 is 110. The molecule has 0 heterocycles. The maximum absolute atomic E-state index is 14.1. The zero-order valence-electron chi connectivity index (χ0n) is 20.1. The number of esters is 2. The number of aliphatic hydroxyl groups is 1. The normalized spacial score (nSPS) is 14.8. The first-order chi connectivity index (χ1) is 18.0. The third-order valence-corrected chi connectivity index (χ3v) is 4.88. The van der Waals surface area contributed by atoms with Crippen molar-refractivity contribution in [2.45, 2.75) is 37.5 Å². The molecule has 0 saturated heterocycles. The Bertz CT molecular complexity index is 1170. The highest BCUT2D eigenvalue weighted by molar-refractivity contribution is 5.94. The molecule has 0 saturated carbocycles. The number of nitrogens with one attached hydrogen (secondary N) is 2. The van der Waals surface area contributed by atoms with Crippen LogP contribution in [0.5, 0.6) is 5.75 Å². The number of amides is 2. The molecule has 39 heavy (non-hydrogen) atoms. The lowest BCUT2D eigenvalue weighted by molar-refractivity contribution is -0.268. The van der Waals surface area contributed by atoms with Crippen molar-refractivity contribution in [3.63, 3.8) is 0 Å². The molecule has 16 heteroatoms. The van der Waals surface area contributed by atoms with Crippen LogP contribution >= 0.6 is 0 Å². The van der Waals surface area contributed by atoms with Gasteiger partial charge in [0.15, 0.2) is 0 Å². The van der Waals surface area contributed by atoms with Crippen LogP contribution in [-0.2, 0) is 24.7 Å². The second kappa shape index (κ2) is 11.8. The maximum Gasteiger partial charge on any atom is 0.460 e. The summed E-state index contributed by atoms with van der Waals surface area (Å²) in [5.74, 6) is -5.64. The van der Waals surface area contributed by atoms with Crippen LogP contribution in [0.3, 0.4) is 0 Å². The molecule has 2 rings (SSSR count). The van der Waals surface area contributed by atoms with Gasteiger partial charge in [0.1, 0.15) is 11.6 Å². The lowest BCUT2D eigenvalue weighted by Gasteiger charge is -2.34. The van der Waals surface area contributed by atoms with E-state index < -0.39 is 77.7 Å². The minimum atomic E-state index is -5.64. The van der Waals surface area contributed by atoms with Crippen molar-refractivity contribution in [3.05, 3.63) is 59.9 Å². The number of carbonyl (C=O) groups excluding carboxylic acids is 3. The van der Waals surface area contributed by atoms with Gasteiger partial charge in [-0.1, -0.05) is 12.1 Å². The van der Waals surface area contributed by atoms with Crippen LogP contribution in [0.25, 0.3) is 0 Å². The Labute approximate surface area is 215 Å². The molecule has 0 aliphatic heterocycles. The lowest BCUT2D eigenvalue weighted by Crippen LogP contribution is -2.69. The average molecular weight is 570 g/mol. The van der Waals surface area contributed by atoms with Crippen LogP contribution in [0.4, 0.5) is 41.2 Å². The number of ether oxygens (including phenoxy) is 3. The minimum Gasteiger partial charge on any atom is -0.463 e. The zero-order valence-corrected chi connectivity index (χ0v) is 20.1. The molecule has 0 bridgehead atoms. The molecular formula is C23H21F7N2O7. The number of anilines is 1. The molecule has 9 nitrogen and oxygen atoms in total. The number of hydrogen-bond donors (Lipinski definition) is 3. The van der Waals surface area contributed by atoms with Crippen molar-refractivity contribution in [3.8, 4) is 5.75 Å². The predicted molar refractivity (Wildman–Crippen MR) is 118 cm³/mol. The van der Waals surface area contributed by atoms with Gasteiger partial charge in [-0.25, -0.2) is 18.8 Å². The van der Waals surface area contributed by atoms with Gasteiger partial charge >= 0.3 is 36.0 Å². The maximum atomic E-state index is 14.1. The van der Waals surface area contributed by atoms with Crippen molar-refractivity contribution < 1.29 is 64.4 Å². The van der Waals surface area contributed by atoms with Gasteiger partial charge in [0.25, 0.3) is 5.60 Å². The summed E-state index contributed by atoms with van der Waals surface area (Å²) in [6.07, 6.45) is -11.2. The third kappa shape index (κ3) is 6.68. The van der Waals surface area contributed by atoms with Crippen LogP contribution in [0, 0.1) is 5.82 Å². The van der Waals surface area contributed by atoms with E-state index in [1.807, 2.05) is 5.32 Å². The molecule has 0 aliphatic carbocycles. The van der Waals surface area contributed by atoms with E-state index >= 15 is 0 Å². The van der Waals surface area contributed by atoms with E-state index in [2.05, 4.69) is 9.47 Å². The molecule has 2 atom stereocenters. The van der Waals surface area contributed by atoms with E-state index in [1.165, 1.54) is 19.2 Å². The summed E-state index contributed by atoms with van der Waals surface area (Å²) in [4.78, 5) is 36.7. The molecule has 0 spiro atoms. The van der Waals surface area contributed by atoms with E-state index in [0.29, 0.717) is 12.1 Å². The molecule has 0 unspecified atom stereocenters. The Kier molecular flexibility index (Phi) is 9.39. The van der Waals surface area contributed by atoms with Crippen molar-refractivity contribution in [2.24, 2.45) is 0 Å². The van der Waals surface area contributed by atoms with Crippen molar-refractivity contribution in [1.82, 2.24) is 5.32 Å². The SMILES string of the molecule is CCOC(=O)[C@](NC(=O)Nc1ccc([C@@](O)(C(=O)OCC)C(F)(F)F)cc1)(Oc1ccc(F)cc1)C(F)(F)F. The number of halogens is 7. The van der Waals surface area contributed by atoms with Gasteiger partial charge in [0.05, 0.1) is 13.2 Å². The van der Waals surface area contributed by atoms with E-state index in [9.17, 15) is 50.2 Å². The van der Waals surface area contributed by atoms with Crippen LogP contribution < -0.4 is 15.4 Å². The number of rotatable bonds is 9. The van der Waals surface area contributed by atoms with Crippen LogP contribution in [0.2, 0.25) is 0 Å². The Morgan fingerprint density at radius 3 is 1.77 bits per heavy atom. The fourth-order valence-corrected chi connectivity index (χ4v) is 3.02. The fraction of sp³-hybridized carbons (Fsp3) is 0.348. The second-order valence-corrected chi connectivity index (χ2v) is 7.54. The molecule has 0 radical (unpaired) electrons. The summed E-state index contributed by atoms with van der Waals surface area (Å²) in [7, 11) is 0. The number of hydrogen-bond acceptors (Lipinski definition) is 7. The first kappa shape index (κ1) is 31.1. The Balaban J connectivity index is 2.38. The third-order valence-electron chi connectivity index (χ3n) is 4.88. The largest absolute Gasteiger partial charge is 0.463 e. The predicted octanol–water partition coefficient (Wildman–Crippen LogP) is 4.16. The number of carbonyl (C=O) groups is 3. The van der Waals surface area contributed by atoms with Crippen LogP contribution in [-0.4, -0.2) is 54.4 Å². The van der Waals surface area contributed by atoms with Gasteiger partial charge in [-0.2, -0.15) is 26.3 Å². The van der Waals surface area contributed by atoms with Gasteiger partial charge < -0.3 is 24.6 Å². The molecule has 0 aromatic heterocycles. The highest BCUT2D eigenvalue weighted by Gasteiger charge is 2.66. The van der Waals surface area contributed by atoms with Gasteiger partial charge in [0.2, 0.25) is 0 Å². The van der Waals surface area contributed by atoms with Crippen molar-refractivity contribution in [2.75, 3.05) is 18.5 Å². The Hall–Kier alpha value is -4.08. The van der Waals surface area contributed by atoms with Gasteiger partial charge in [-0.05, 0) is 50.2 Å². The molecule has 2 aromatic carbocycles. The molecule has 2 amide bonds. The topological polar surface area (TPSA) is 123 Å². The van der Waals surface area contributed by atoms with E-state index in [1.54, 1.807) is 0 Å². The Morgan fingerprint density at radius 2 is 1.31 bits per heavy atom. The average Bonchev–Trinajstić information content (AvgIpc) is 2.83. The molecule has 2 aromatic rings. The zero-order chi connectivity index (χ0) is 29.6. The van der Waals surface area contributed by atoms with E-state index in [4.69, 9.17) is 4.74 Å². The number of benzene rings is 2. The molecular weight excluding hydrogens is 549 g/mol. The second-order valence-electron chi connectivity index (χ2n) is 7.54. The Morgan fingerprint density at radius 1 is 0.795 bits per heavy atom. The fourth-order valence-electron chi connectivity index (χ4n) is 3.02. The summed E-state index contributed by atoms with van der Waals surface area (Å²) in [6.45, 7) is 1.34. The standard InChI is InChI=1S/C23H21F7N2O7/c1-3-37-17(33)20(36,22(25,26)27)13-5-9-15(10-6-13)31-19(35)32-21(23(28,29)30,18(34)38-4-2)39-16-11-7-14(24)8-12-16/h5-12,36H,3-4H2,1-2H3,(H2,31,32,35)/t20-,21+/m1/s1. The first-order valence-corrected chi connectivity index (χ1v) is 10.9. The van der Waals surface area contributed by atoms with Crippen molar-refractivity contribution in [1.29, 1.82) is 0 Å². The molecule has 0 aliphatic rings. The number of urea groups is 1. The summed E-state index contributed by atoms with van der Waals surface area (Å²) in [6, 6.07) is 3.80. The summed E-state index contributed by atoms with van der Waals surface area (Å²) in [5.41, 5.74) is -9.66. The minimum absolute atomic E-state index is 0.425. The highest BCUT2D eigenvalue weighted by atomic mass is 19.4. The lowest BCUT2D eigenvalue weighted by atomic mass is 9.93. The van der Waals surface area contributed by atoms with Crippen LogP contribution in [0.15, 0.2) is 48.5 Å². The number of alkyl halides is 6. The first-order valence-electron chi connectivity index (χ1n) is 10.9. The smallest absolute Gasteiger partial charge is 0.460 e. The van der Waals surface area contributed by atoms with E-state index in [0.717, 1.165) is 36.4 Å². The molecule has 3 N–H and O–H groups in total. The molecule has 0 fully saturated rings. The van der Waals surface area contributed by atoms with Crippen LogP contribution in [0.1, 0.15) is 19.4 Å². The van der Waals surface area contributed by atoms with Gasteiger partial charge in [-0.15, -0.1) is 0 Å². The van der Waals surface area contributed by atoms with Gasteiger partial charge in [-0.3, -0.25) is 5.32 Å². The molecule has 214 valence electrons. The highest BCUT2D eigenvalue weighted by Crippen LogP contribution is 2.40. The van der Waals surface area contributed by atoms with Crippen molar-refractivity contribution >= 4 is 23.7 Å². The quantitative estimate of drug-likeness (QED) is 0.235. The summed E-state index contributed by atoms with van der Waals surface area (Å²) >= 11 is 0. The van der Waals surface area contributed by atoms with E-state index in [-0.39, 0.29) is 0 Å². The van der Waals surface area contributed by atoms with Gasteiger partial charge in [0, 0.05) is 11.3 Å².